The molecular weight excluding hydrogens is 263 g/mol. The van der Waals surface area contributed by atoms with Crippen molar-refractivity contribution in [2.45, 2.75) is 43.8 Å². The summed E-state index contributed by atoms with van der Waals surface area (Å²) in [5.74, 6) is 0. The van der Waals surface area contributed by atoms with Gasteiger partial charge in [0.1, 0.15) is 0 Å². The van der Waals surface area contributed by atoms with Crippen molar-refractivity contribution in [1.82, 2.24) is 0 Å². The molecule has 0 unspecified atom stereocenters. The normalized spacial score (nSPS) is 18.8. The van der Waals surface area contributed by atoms with Gasteiger partial charge in [0.05, 0.1) is 5.56 Å². The molecule has 100 valence electrons. The van der Waals surface area contributed by atoms with Gasteiger partial charge in [-0.2, -0.15) is 13.2 Å². The Morgan fingerprint density at radius 2 is 1.78 bits per heavy atom. The first-order valence-electron chi connectivity index (χ1n) is 5.75. The molecule has 1 aromatic rings. The van der Waals surface area contributed by atoms with E-state index in [2.05, 4.69) is 0 Å². The average Bonchev–Trinajstić information content (AvgIpc) is 2.96. The van der Waals surface area contributed by atoms with Crippen LogP contribution in [0.3, 0.4) is 0 Å². The maximum absolute atomic E-state index is 13.1. The van der Waals surface area contributed by atoms with E-state index in [-0.39, 0.29) is 10.6 Å². The molecule has 5 heteroatoms. The van der Waals surface area contributed by atoms with E-state index >= 15 is 0 Å². The van der Waals surface area contributed by atoms with Gasteiger partial charge < -0.3 is 5.73 Å². The van der Waals surface area contributed by atoms with Gasteiger partial charge in [-0.15, -0.1) is 0 Å². The summed E-state index contributed by atoms with van der Waals surface area (Å²) >= 11 is 6.00. The Morgan fingerprint density at radius 1 is 1.22 bits per heavy atom. The van der Waals surface area contributed by atoms with Crippen LogP contribution in [0.25, 0.3) is 0 Å². The highest BCUT2D eigenvalue weighted by atomic mass is 35.5. The van der Waals surface area contributed by atoms with Gasteiger partial charge in [0.15, 0.2) is 0 Å². The fourth-order valence-corrected chi connectivity index (χ4v) is 2.81. The van der Waals surface area contributed by atoms with Crippen molar-refractivity contribution in [2.75, 3.05) is 0 Å². The highest BCUT2D eigenvalue weighted by Gasteiger charge is 2.54. The molecular formula is C13H15ClF3N. The standard InChI is InChI=1S/C13H15ClF3N/c1-11(2,12(18)6-7-12)10-8(13(15,16)17)4-3-5-9(10)14/h3-5H,6-7,18H2,1-2H3. The summed E-state index contributed by atoms with van der Waals surface area (Å²) in [7, 11) is 0. The van der Waals surface area contributed by atoms with Crippen LogP contribution in [-0.4, -0.2) is 5.54 Å². The van der Waals surface area contributed by atoms with Gasteiger partial charge in [0.2, 0.25) is 0 Å². The molecule has 1 fully saturated rings. The van der Waals surface area contributed by atoms with Gasteiger partial charge in [-0.3, -0.25) is 0 Å². The summed E-state index contributed by atoms with van der Waals surface area (Å²) < 4.78 is 39.2. The quantitative estimate of drug-likeness (QED) is 0.864. The summed E-state index contributed by atoms with van der Waals surface area (Å²) in [5.41, 5.74) is 4.16. The molecule has 0 amide bonds. The predicted molar refractivity (Wildman–Crippen MR) is 65.6 cm³/mol. The van der Waals surface area contributed by atoms with Gasteiger partial charge in [0, 0.05) is 16.0 Å². The Morgan fingerprint density at radius 3 is 2.22 bits per heavy atom. The second-order valence-corrected chi connectivity index (χ2v) is 5.85. The predicted octanol–water partition coefficient (Wildman–Crippen LogP) is 4.13. The molecule has 2 N–H and O–H groups in total. The minimum atomic E-state index is -4.41. The summed E-state index contributed by atoms with van der Waals surface area (Å²) in [4.78, 5) is 0. The Balaban J connectivity index is 2.63. The topological polar surface area (TPSA) is 26.0 Å². The van der Waals surface area contributed by atoms with Crippen LogP contribution in [0, 0.1) is 0 Å². The lowest BCUT2D eigenvalue weighted by molar-refractivity contribution is -0.138. The first-order valence-corrected chi connectivity index (χ1v) is 6.12. The Hall–Kier alpha value is -0.740. The van der Waals surface area contributed by atoms with Crippen molar-refractivity contribution in [3.05, 3.63) is 34.3 Å². The number of nitrogens with two attached hydrogens (primary N) is 1. The van der Waals surface area contributed by atoms with Gasteiger partial charge >= 0.3 is 6.18 Å². The molecule has 1 aliphatic carbocycles. The molecule has 1 aliphatic rings. The second-order valence-electron chi connectivity index (χ2n) is 5.44. The Bertz CT molecular complexity index is 476. The summed E-state index contributed by atoms with van der Waals surface area (Å²) in [6.45, 7) is 3.47. The molecule has 0 aromatic heterocycles. The Labute approximate surface area is 109 Å². The largest absolute Gasteiger partial charge is 0.416 e. The van der Waals surface area contributed by atoms with Crippen LogP contribution < -0.4 is 5.73 Å². The van der Waals surface area contributed by atoms with E-state index in [1.54, 1.807) is 13.8 Å². The molecule has 0 saturated heterocycles. The molecule has 18 heavy (non-hydrogen) atoms. The zero-order chi connectivity index (χ0) is 13.8. The molecule has 0 heterocycles. The van der Waals surface area contributed by atoms with Crippen molar-refractivity contribution in [3.8, 4) is 0 Å². The van der Waals surface area contributed by atoms with E-state index in [1.807, 2.05) is 0 Å². The van der Waals surface area contributed by atoms with E-state index in [0.29, 0.717) is 0 Å². The van der Waals surface area contributed by atoms with Crippen molar-refractivity contribution in [3.63, 3.8) is 0 Å². The van der Waals surface area contributed by atoms with Gasteiger partial charge in [-0.25, -0.2) is 0 Å². The molecule has 0 atom stereocenters. The molecule has 0 spiro atoms. The van der Waals surface area contributed by atoms with E-state index in [1.165, 1.54) is 12.1 Å². The van der Waals surface area contributed by atoms with Gasteiger partial charge in [0.25, 0.3) is 0 Å². The third kappa shape index (κ3) is 2.01. The number of alkyl halides is 3. The highest BCUT2D eigenvalue weighted by molar-refractivity contribution is 6.31. The van der Waals surface area contributed by atoms with Crippen LogP contribution in [-0.2, 0) is 11.6 Å². The lowest BCUT2D eigenvalue weighted by Crippen LogP contribution is -2.44. The number of halogens is 4. The minimum Gasteiger partial charge on any atom is -0.324 e. The van der Waals surface area contributed by atoms with E-state index < -0.39 is 22.7 Å². The second kappa shape index (κ2) is 3.87. The average molecular weight is 278 g/mol. The lowest BCUT2D eigenvalue weighted by Gasteiger charge is -2.35. The van der Waals surface area contributed by atoms with Gasteiger partial charge in [-0.05, 0) is 30.5 Å². The number of hydrogen-bond acceptors (Lipinski definition) is 1. The third-order valence-electron chi connectivity index (χ3n) is 3.98. The molecule has 1 nitrogen and oxygen atoms in total. The maximum Gasteiger partial charge on any atom is 0.416 e. The minimum absolute atomic E-state index is 0.110. The number of hydrogen-bond donors (Lipinski definition) is 1. The van der Waals surface area contributed by atoms with Crippen molar-refractivity contribution < 1.29 is 13.2 Å². The van der Waals surface area contributed by atoms with E-state index in [0.717, 1.165) is 18.9 Å². The first kappa shape index (κ1) is 13.7. The molecule has 2 rings (SSSR count). The smallest absolute Gasteiger partial charge is 0.324 e. The third-order valence-corrected chi connectivity index (χ3v) is 4.29. The first-order chi connectivity index (χ1) is 8.09. The molecule has 0 bridgehead atoms. The van der Waals surface area contributed by atoms with Crippen LogP contribution in [0.15, 0.2) is 18.2 Å². The highest BCUT2D eigenvalue weighted by Crippen LogP contribution is 2.53. The number of benzene rings is 1. The van der Waals surface area contributed by atoms with Crippen molar-refractivity contribution in [1.29, 1.82) is 0 Å². The Kier molecular flexibility index (Phi) is 2.95. The summed E-state index contributed by atoms with van der Waals surface area (Å²) in [5, 5.41) is 0.131. The molecule has 1 aromatic carbocycles. The zero-order valence-corrected chi connectivity index (χ0v) is 11.0. The fourth-order valence-electron chi connectivity index (χ4n) is 2.40. The van der Waals surface area contributed by atoms with Gasteiger partial charge in [-0.1, -0.05) is 31.5 Å². The van der Waals surface area contributed by atoms with Crippen LogP contribution in [0.2, 0.25) is 5.02 Å². The fraction of sp³-hybridized carbons (Fsp3) is 0.538. The molecule has 0 aliphatic heterocycles. The lowest BCUT2D eigenvalue weighted by atomic mass is 9.74. The number of rotatable bonds is 2. The van der Waals surface area contributed by atoms with Crippen LogP contribution in [0.5, 0.6) is 0 Å². The zero-order valence-electron chi connectivity index (χ0n) is 10.2. The van der Waals surface area contributed by atoms with Crippen LogP contribution in [0.4, 0.5) is 13.2 Å². The van der Waals surface area contributed by atoms with Crippen LogP contribution in [0.1, 0.15) is 37.8 Å². The summed E-state index contributed by atoms with van der Waals surface area (Å²) in [6.07, 6.45) is -2.96. The van der Waals surface area contributed by atoms with E-state index in [9.17, 15) is 13.2 Å². The molecule has 0 radical (unpaired) electrons. The molecule has 1 saturated carbocycles. The van der Waals surface area contributed by atoms with Crippen molar-refractivity contribution >= 4 is 11.6 Å². The summed E-state index contributed by atoms with van der Waals surface area (Å²) in [6, 6.07) is 3.87. The SMILES string of the molecule is CC(C)(c1c(Cl)cccc1C(F)(F)F)C1(N)CC1. The van der Waals surface area contributed by atoms with Crippen molar-refractivity contribution in [2.24, 2.45) is 5.73 Å². The maximum atomic E-state index is 13.1. The monoisotopic (exact) mass is 277 g/mol. The van der Waals surface area contributed by atoms with E-state index in [4.69, 9.17) is 17.3 Å². The van der Waals surface area contributed by atoms with Crippen LogP contribution >= 0.6 is 11.6 Å².